The molecule has 0 spiro atoms. The second kappa shape index (κ2) is 9.18. The van der Waals surface area contributed by atoms with Crippen molar-refractivity contribution in [1.29, 1.82) is 0 Å². The number of hydrogen-bond donors (Lipinski definition) is 1. The molecule has 6 heteroatoms. The van der Waals surface area contributed by atoms with Crippen molar-refractivity contribution in [3.63, 3.8) is 0 Å². The molecule has 0 bridgehead atoms. The third-order valence-electron chi connectivity index (χ3n) is 2.08. The van der Waals surface area contributed by atoms with E-state index in [1.165, 1.54) is 0 Å². The molecule has 0 fully saturated rings. The van der Waals surface area contributed by atoms with Gasteiger partial charge >= 0.3 is 67.4 Å². The quantitative estimate of drug-likeness (QED) is 0.664. The van der Waals surface area contributed by atoms with Crippen molar-refractivity contribution >= 4 is 67.4 Å². The van der Waals surface area contributed by atoms with Gasteiger partial charge in [0, 0.05) is 0 Å². The van der Waals surface area contributed by atoms with E-state index in [0.29, 0.717) is 11.7 Å². The van der Waals surface area contributed by atoms with Crippen LogP contribution in [0.4, 0.5) is 0 Å². The predicted octanol–water partition coefficient (Wildman–Crippen LogP) is 1.58. The summed E-state index contributed by atoms with van der Waals surface area (Å²) in [6, 6.07) is 5.72. The van der Waals surface area contributed by atoms with Crippen LogP contribution in [-0.2, 0) is 4.57 Å². The molecule has 0 aliphatic carbocycles. The fourth-order valence-electron chi connectivity index (χ4n) is 1.18. The van der Waals surface area contributed by atoms with Crippen LogP contribution in [-0.4, -0.2) is 64.0 Å². The number of aryl methyl sites for hydroxylation is 1. The van der Waals surface area contributed by atoms with Crippen LogP contribution in [0.3, 0.4) is 0 Å². The Hall–Kier alpha value is 1.21. The van der Waals surface area contributed by atoms with Crippen LogP contribution >= 0.6 is 8.25 Å². The first kappa shape index (κ1) is 19.5. The standard InChI is InChI=1S/C10H15O3P.2Na.2H/c1-7(2)9-5-4-8(3)10(6-9)13-14(11)12;;;;/h4-7,14H,1-3H3,(H,11,12);;;;. The van der Waals surface area contributed by atoms with E-state index in [-0.39, 0.29) is 59.1 Å². The van der Waals surface area contributed by atoms with Gasteiger partial charge in [0.25, 0.3) is 0 Å². The van der Waals surface area contributed by atoms with Crippen molar-refractivity contribution < 1.29 is 14.0 Å². The summed E-state index contributed by atoms with van der Waals surface area (Å²) >= 11 is 0. The molecule has 0 heterocycles. The first-order valence-electron chi connectivity index (χ1n) is 4.52. The van der Waals surface area contributed by atoms with E-state index in [0.717, 1.165) is 11.1 Å². The van der Waals surface area contributed by atoms with E-state index >= 15 is 0 Å². The predicted molar refractivity (Wildman–Crippen MR) is 71.4 cm³/mol. The molecule has 1 aromatic rings. The molecular weight excluding hydrogens is 245 g/mol. The van der Waals surface area contributed by atoms with Crippen LogP contribution in [0.2, 0.25) is 0 Å². The zero-order valence-corrected chi connectivity index (χ0v) is 9.57. The van der Waals surface area contributed by atoms with Crippen molar-refractivity contribution in [2.45, 2.75) is 26.7 Å². The van der Waals surface area contributed by atoms with Crippen LogP contribution in [0, 0.1) is 6.92 Å². The summed E-state index contributed by atoms with van der Waals surface area (Å²) in [5.41, 5.74) is 1.98. The Balaban J connectivity index is 0. The molecule has 0 saturated carbocycles. The molecule has 16 heavy (non-hydrogen) atoms. The molecule has 0 amide bonds. The van der Waals surface area contributed by atoms with Crippen LogP contribution in [0.25, 0.3) is 0 Å². The second-order valence-electron chi connectivity index (χ2n) is 3.55. The minimum atomic E-state index is -2.90. The van der Waals surface area contributed by atoms with Gasteiger partial charge in [-0.05, 0) is 30.0 Å². The Labute approximate surface area is 142 Å². The first-order valence-corrected chi connectivity index (χ1v) is 5.78. The molecule has 1 aromatic carbocycles. The van der Waals surface area contributed by atoms with Gasteiger partial charge in [0.05, 0.1) is 0 Å². The molecule has 82 valence electrons. The van der Waals surface area contributed by atoms with Crippen molar-refractivity contribution in [2.75, 3.05) is 0 Å². The Morgan fingerprint density at radius 2 is 1.88 bits per heavy atom. The van der Waals surface area contributed by atoms with E-state index in [1.807, 2.05) is 25.1 Å². The van der Waals surface area contributed by atoms with Crippen LogP contribution < -0.4 is 4.52 Å². The van der Waals surface area contributed by atoms with Crippen LogP contribution in [0.15, 0.2) is 18.2 Å². The summed E-state index contributed by atoms with van der Waals surface area (Å²) in [7, 11) is -2.90. The maximum absolute atomic E-state index is 10.6. The summed E-state index contributed by atoms with van der Waals surface area (Å²) in [4.78, 5) is 8.68. The SMILES string of the molecule is Cc1ccc(C(C)C)cc1O[PH](=O)O.[NaH].[NaH]. The molecule has 1 unspecified atom stereocenters. The number of hydrogen-bond acceptors (Lipinski definition) is 2. The Morgan fingerprint density at radius 1 is 1.31 bits per heavy atom. The maximum atomic E-state index is 10.6. The van der Waals surface area contributed by atoms with E-state index < -0.39 is 8.25 Å². The molecule has 0 radical (unpaired) electrons. The topological polar surface area (TPSA) is 46.5 Å². The fourth-order valence-corrected chi connectivity index (χ4v) is 1.59. The zero-order chi connectivity index (χ0) is 10.7. The summed E-state index contributed by atoms with van der Waals surface area (Å²) in [6.07, 6.45) is 0. The van der Waals surface area contributed by atoms with E-state index in [2.05, 4.69) is 13.8 Å². The van der Waals surface area contributed by atoms with Crippen molar-refractivity contribution in [1.82, 2.24) is 0 Å². The first-order chi connectivity index (χ1) is 6.50. The van der Waals surface area contributed by atoms with Gasteiger partial charge in [0.2, 0.25) is 0 Å². The summed E-state index contributed by atoms with van der Waals surface area (Å²) in [5.74, 6) is 0.890. The Bertz CT molecular complexity index is 356. The molecule has 0 aliphatic heterocycles. The molecule has 3 nitrogen and oxygen atoms in total. The third-order valence-corrected chi connectivity index (χ3v) is 2.47. The van der Waals surface area contributed by atoms with Crippen molar-refractivity contribution in [2.24, 2.45) is 0 Å². The van der Waals surface area contributed by atoms with Gasteiger partial charge in [-0.3, -0.25) is 0 Å². The summed E-state index contributed by atoms with van der Waals surface area (Å²) < 4.78 is 15.4. The average molecular weight is 262 g/mol. The second-order valence-corrected chi connectivity index (χ2v) is 4.28. The van der Waals surface area contributed by atoms with Gasteiger partial charge in [-0.15, -0.1) is 0 Å². The van der Waals surface area contributed by atoms with Crippen LogP contribution in [0.1, 0.15) is 30.9 Å². The third kappa shape index (κ3) is 6.23. The Morgan fingerprint density at radius 3 is 2.31 bits per heavy atom. The zero-order valence-electron chi connectivity index (χ0n) is 8.57. The van der Waals surface area contributed by atoms with Gasteiger partial charge in [-0.1, -0.05) is 26.0 Å². The van der Waals surface area contributed by atoms with Crippen molar-refractivity contribution in [3.05, 3.63) is 29.3 Å². The van der Waals surface area contributed by atoms with E-state index in [4.69, 9.17) is 9.42 Å². The molecule has 1 N–H and O–H groups in total. The van der Waals surface area contributed by atoms with Crippen molar-refractivity contribution in [3.8, 4) is 5.75 Å². The van der Waals surface area contributed by atoms with Crippen LogP contribution in [0.5, 0.6) is 5.75 Å². The van der Waals surface area contributed by atoms with Gasteiger partial charge in [-0.2, -0.15) is 0 Å². The van der Waals surface area contributed by atoms with Gasteiger partial charge in [-0.25, -0.2) is 4.57 Å². The number of benzene rings is 1. The molecular formula is C10H17Na2O3P. The average Bonchev–Trinajstić information content (AvgIpc) is 2.07. The monoisotopic (exact) mass is 262 g/mol. The van der Waals surface area contributed by atoms with Gasteiger partial charge in [0.15, 0.2) is 0 Å². The van der Waals surface area contributed by atoms with E-state index in [9.17, 15) is 4.57 Å². The molecule has 0 saturated heterocycles. The van der Waals surface area contributed by atoms with E-state index in [1.54, 1.807) is 0 Å². The summed E-state index contributed by atoms with van der Waals surface area (Å²) in [5, 5.41) is 0. The summed E-state index contributed by atoms with van der Waals surface area (Å²) in [6.45, 7) is 5.98. The molecule has 0 aliphatic rings. The van der Waals surface area contributed by atoms with Gasteiger partial charge < -0.3 is 9.42 Å². The fraction of sp³-hybridized carbons (Fsp3) is 0.400. The van der Waals surface area contributed by atoms with Gasteiger partial charge in [0.1, 0.15) is 5.75 Å². The molecule has 1 rings (SSSR count). The number of rotatable bonds is 3. The molecule has 0 aromatic heterocycles. The Kier molecular flexibility index (Phi) is 11.2. The minimum absolute atomic E-state index is 0. The molecule has 1 atom stereocenters. The normalized spacial score (nSPS) is 11.3.